The van der Waals surface area contributed by atoms with Crippen LogP contribution >= 0.6 is 0 Å². The number of nitrogens with zero attached hydrogens (tertiary/aromatic N) is 3. The number of pyridine rings is 1. The molecule has 2 aromatic rings. The lowest BCUT2D eigenvalue weighted by Crippen LogP contribution is -2.28. The number of unbranched alkanes of at least 4 members (excludes halogenated alkanes) is 1. The van der Waals surface area contributed by atoms with E-state index in [0.29, 0.717) is 30.1 Å². The minimum atomic E-state index is -0.0690. The van der Waals surface area contributed by atoms with E-state index in [2.05, 4.69) is 29.0 Å². The Morgan fingerprint density at radius 3 is 2.68 bits per heavy atom. The van der Waals surface area contributed by atoms with Crippen molar-refractivity contribution in [1.29, 1.82) is 0 Å². The highest BCUT2D eigenvalue weighted by atomic mass is 16.5. The molecule has 0 unspecified atom stereocenters. The second kappa shape index (κ2) is 9.42. The van der Waals surface area contributed by atoms with E-state index in [1.165, 1.54) is 0 Å². The molecule has 0 spiro atoms. The second-order valence-electron chi connectivity index (χ2n) is 6.02. The molecule has 2 rings (SSSR count). The molecule has 0 atom stereocenters. The molecule has 2 heterocycles. The van der Waals surface area contributed by atoms with Gasteiger partial charge in [0.25, 0.3) is 5.91 Å². The summed E-state index contributed by atoms with van der Waals surface area (Å²) in [5, 5.41) is 3.04. The van der Waals surface area contributed by atoms with Crippen LogP contribution in [0.2, 0.25) is 0 Å². The number of imidazole rings is 1. The summed E-state index contributed by atoms with van der Waals surface area (Å²) in [7, 11) is 1.62. The topological polar surface area (TPSA) is 58.9 Å². The van der Waals surface area contributed by atoms with Crippen LogP contribution in [0.1, 0.15) is 49.8 Å². The van der Waals surface area contributed by atoms with E-state index in [-0.39, 0.29) is 5.91 Å². The molecule has 0 aromatic carbocycles. The number of rotatable bonds is 10. The van der Waals surface area contributed by atoms with Gasteiger partial charge in [-0.25, -0.2) is 4.98 Å². The monoisotopic (exact) mass is 346 g/mol. The maximum absolute atomic E-state index is 12.7. The fraction of sp³-hybridized carbons (Fsp3) is 0.579. The highest BCUT2D eigenvalue weighted by Crippen LogP contribution is 2.22. The van der Waals surface area contributed by atoms with Crippen LogP contribution in [-0.2, 0) is 6.42 Å². The Balaban J connectivity index is 2.02. The van der Waals surface area contributed by atoms with E-state index >= 15 is 0 Å². The van der Waals surface area contributed by atoms with Gasteiger partial charge in [-0.15, -0.1) is 0 Å². The molecule has 1 amide bonds. The Kier molecular flexibility index (Phi) is 7.25. The average molecular weight is 346 g/mol. The normalized spacial score (nSPS) is 11.2. The zero-order valence-corrected chi connectivity index (χ0v) is 15.8. The lowest BCUT2D eigenvalue weighted by atomic mass is 10.2. The molecule has 6 nitrogen and oxygen atoms in total. The van der Waals surface area contributed by atoms with E-state index in [9.17, 15) is 4.79 Å². The molecule has 0 aliphatic heterocycles. The third-order valence-electron chi connectivity index (χ3n) is 4.54. The highest BCUT2D eigenvalue weighted by molar-refractivity contribution is 5.95. The molecule has 6 heteroatoms. The first-order valence-corrected chi connectivity index (χ1v) is 9.20. The number of aromatic nitrogens is 2. The molecule has 0 fully saturated rings. The summed E-state index contributed by atoms with van der Waals surface area (Å²) < 4.78 is 7.18. The minimum Gasteiger partial charge on any atom is -0.493 e. The zero-order chi connectivity index (χ0) is 18.2. The number of fused-ring (bicyclic) bond motifs is 1. The lowest BCUT2D eigenvalue weighted by Gasteiger charge is -2.17. The standard InChI is InChI=1S/C19H30N4O2/c1-5-15-17(23-14-10-11-16(25-4)18(23)21-15)19(24)20-12-8-9-13-22(6-2)7-3/h10-11,14H,5-9,12-13H2,1-4H3,(H,20,24). The van der Waals surface area contributed by atoms with Crippen molar-refractivity contribution in [2.24, 2.45) is 0 Å². The molecule has 0 radical (unpaired) electrons. The fourth-order valence-electron chi connectivity index (χ4n) is 3.02. The van der Waals surface area contributed by atoms with Gasteiger partial charge in [-0.1, -0.05) is 20.8 Å². The fourth-order valence-corrected chi connectivity index (χ4v) is 3.02. The Morgan fingerprint density at radius 1 is 1.28 bits per heavy atom. The van der Waals surface area contributed by atoms with Crippen LogP contribution in [-0.4, -0.2) is 53.5 Å². The Labute approximate surface area is 150 Å². The summed E-state index contributed by atoms with van der Waals surface area (Å²) in [5.74, 6) is 0.607. The van der Waals surface area contributed by atoms with Crippen LogP contribution in [0.3, 0.4) is 0 Å². The van der Waals surface area contributed by atoms with E-state index < -0.39 is 0 Å². The number of hydrogen-bond donors (Lipinski definition) is 1. The molecule has 0 bridgehead atoms. The van der Waals surface area contributed by atoms with Gasteiger partial charge in [0.15, 0.2) is 11.4 Å². The number of hydrogen-bond acceptors (Lipinski definition) is 4. The first-order valence-electron chi connectivity index (χ1n) is 9.20. The molecule has 1 N–H and O–H groups in total. The highest BCUT2D eigenvalue weighted by Gasteiger charge is 2.19. The van der Waals surface area contributed by atoms with Crippen LogP contribution < -0.4 is 10.1 Å². The van der Waals surface area contributed by atoms with Gasteiger partial charge in [0, 0.05) is 12.7 Å². The van der Waals surface area contributed by atoms with E-state index in [1.54, 1.807) is 7.11 Å². The number of ether oxygens (including phenoxy) is 1. The molecule has 0 saturated carbocycles. The molecular weight excluding hydrogens is 316 g/mol. The third-order valence-corrected chi connectivity index (χ3v) is 4.54. The summed E-state index contributed by atoms with van der Waals surface area (Å²) in [4.78, 5) is 19.7. The number of carbonyl (C=O) groups excluding carboxylic acids is 1. The molecule has 138 valence electrons. The van der Waals surface area contributed by atoms with Gasteiger partial charge in [-0.2, -0.15) is 0 Å². The van der Waals surface area contributed by atoms with Gasteiger partial charge in [0.05, 0.1) is 12.8 Å². The predicted octanol–water partition coefficient (Wildman–Crippen LogP) is 2.76. The maximum atomic E-state index is 12.7. The number of methoxy groups -OCH3 is 1. The summed E-state index contributed by atoms with van der Waals surface area (Å²) in [5.41, 5.74) is 2.10. The van der Waals surface area contributed by atoms with Crippen molar-refractivity contribution in [1.82, 2.24) is 19.6 Å². The summed E-state index contributed by atoms with van der Waals surface area (Å²) in [6.07, 6.45) is 4.63. The Hall–Kier alpha value is -2.08. The van der Waals surface area contributed by atoms with Gasteiger partial charge in [0.1, 0.15) is 5.69 Å². The van der Waals surface area contributed by atoms with E-state index in [4.69, 9.17) is 4.74 Å². The van der Waals surface area contributed by atoms with Crippen LogP contribution in [0.25, 0.3) is 5.65 Å². The minimum absolute atomic E-state index is 0.0690. The molecule has 0 aliphatic rings. The van der Waals surface area contributed by atoms with Crippen LogP contribution in [0.4, 0.5) is 0 Å². The Bertz CT molecular complexity index is 692. The summed E-state index contributed by atoms with van der Waals surface area (Å²) >= 11 is 0. The zero-order valence-electron chi connectivity index (χ0n) is 15.8. The largest absolute Gasteiger partial charge is 0.493 e. The molecular formula is C19H30N4O2. The van der Waals surface area contributed by atoms with E-state index in [1.807, 2.05) is 29.7 Å². The summed E-state index contributed by atoms with van der Waals surface area (Å²) in [6, 6.07) is 3.73. The average Bonchev–Trinajstić information content (AvgIpc) is 3.03. The van der Waals surface area contributed by atoms with Crippen molar-refractivity contribution in [3.63, 3.8) is 0 Å². The Morgan fingerprint density at radius 2 is 2.04 bits per heavy atom. The quantitative estimate of drug-likeness (QED) is 0.672. The molecule has 2 aromatic heterocycles. The van der Waals surface area contributed by atoms with Crippen molar-refractivity contribution >= 4 is 11.6 Å². The maximum Gasteiger partial charge on any atom is 0.270 e. The van der Waals surface area contributed by atoms with Crippen LogP contribution in [0.5, 0.6) is 5.75 Å². The predicted molar refractivity (Wildman–Crippen MR) is 100 cm³/mol. The van der Waals surface area contributed by atoms with Gasteiger partial charge in [-0.3, -0.25) is 9.20 Å². The number of nitrogens with one attached hydrogen (secondary N) is 1. The molecule has 25 heavy (non-hydrogen) atoms. The SMILES string of the molecule is CCc1nc2c(OC)cccn2c1C(=O)NCCCCN(CC)CC. The van der Waals surface area contributed by atoms with Gasteiger partial charge >= 0.3 is 0 Å². The number of carbonyl (C=O) groups is 1. The van der Waals surface area contributed by atoms with Crippen molar-refractivity contribution in [3.05, 3.63) is 29.7 Å². The van der Waals surface area contributed by atoms with Gasteiger partial charge in [0.2, 0.25) is 0 Å². The third kappa shape index (κ3) is 4.51. The molecule has 0 saturated heterocycles. The van der Waals surface area contributed by atoms with Crippen molar-refractivity contribution in [3.8, 4) is 5.75 Å². The van der Waals surface area contributed by atoms with Gasteiger partial charge < -0.3 is 15.0 Å². The van der Waals surface area contributed by atoms with Crippen molar-refractivity contribution < 1.29 is 9.53 Å². The molecule has 0 aliphatic carbocycles. The number of aryl methyl sites for hydroxylation is 1. The van der Waals surface area contributed by atoms with Crippen molar-refractivity contribution in [2.45, 2.75) is 40.0 Å². The first-order chi connectivity index (χ1) is 12.2. The van der Waals surface area contributed by atoms with E-state index in [0.717, 1.165) is 38.2 Å². The van der Waals surface area contributed by atoms with Gasteiger partial charge in [-0.05, 0) is 51.0 Å². The van der Waals surface area contributed by atoms with Crippen molar-refractivity contribution in [2.75, 3.05) is 33.3 Å². The smallest absolute Gasteiger partial charge is 0.270 e. The number of amides is 1. The summed E-state index contributed by atoms with van der Waals surface area (Å²) in [6.45, 7) is 10.3. The van der Waals surface area contributed by atoms with Crippen LogP contribution in [0.15, 0.2) is 18.3 Å². The van der Waals surface area contributed by atoms with Crippen LogP contribution in [0, 0.1) is 0 Å². The lowest BCUT2D eigenvalue weighted by molar-refractivity contribution is 0.0945. The second-order valence-corrected chi connectivity index (χ2v) is 6.02. The first kappa shape index (κ1) is 19.2.